The van der Waals surface area contributed by atoms with Gasteiger partial charge in [0.15, 0.2) is 10.4 Å². The third-order valence-corrected chi connectivity index (χ3v) is 1.13. The van der Waals surface area contributed by atoms with Gasteiger partial charge in [-0.15, -0.1) is 0 Å². The highest BCUT2D eigenvalue weighted by Gasteiger charge is 1.91. The molecule has 36 valence electrons. The fraction of sp³-hybridized carbons (Fsp3) is 0.667. The van der Waals surface area contributed by atoms with Crippen LogP contribution in [0.3, 0.4) is 0 Å². The summed E-state index contributed by atoms with van der Waals surface area (Å²) in [5.74, 6) is 0. The number of hydrogen-bond donors (Lipinski definition) is 0. The molecule has 2 nitrogen and oxygen atoms in total. The predicted octanol–water partition coefficient (Wildman–Crippen LogP) is 0.593. The second-order valence-corrected chi connectivity index (χ2v) is 1.95. The van der Waals surface area contributed by atoms with Crippen molar-refractivity contribution in [2.45, 2.75) is 4.11 Å². The quantitative estimate of drug-likeness (QED) is 0.370. The molecule has 0 aliphatic heterocycles. The van der Waals surface area contributed by atoms with E-state index in [1.54, 1.807) is 0 Å². The van der Waals surface area contributed by atoms with Crippen LogP contribution < -0.4 is 0 Å². The summed E-state index contributed by atoms with van der Waals surface area (Å²) < 4.78 is 4.24. The van der Waals surface area contributed by atoms with Gasteiger partial charge in [-0.3, -0.25) is 4.79 Å². The molecule has 6 heavy (non-hydrogen) atoms. The summed E-state index contributed by atoms with van der Waals surface area (Å²) >= 11 is 1.88. The average molecular weight is 200 g/mol. The lowest BCUT2D eigenvalue weighted by Gasteiger charge is -1.91. The van der Waals surface area contributed by atoms with Crippen LogP contribution >= 0.6 is 22.6 Å². The molecule has 0 N–H and O–H groups in total. The lowest BCUT2D eigenvalue weighted by atomic mass is 10.8. The Morgan fingerprint density at radius 1 is 2.00 bits per heavy atom. The molecular formula is C3H5IO2. The summed E-state index contributed by atoms with van der Waals surface area (Å²) in [4.78, 5) is 9.60. The van der Waals surface area contributed by atoms with Crippen molar-refractivity contribution in [2.24, 2.45) is 0 Å². The maximum absolute atomic E-state index is 9.60. The third-order valence-electron chi connectivity index (χ3n) is 0.332. The van der Waals surface area contributed by atoms with Crippen molar-refractivity contribution >= 4 is 28.9 Å². The molecule has 0 aromatic carbocycles. The van der Waals surface area contributed by atoms with Crippen LogP contribution in [0.4, 0.5) is 0 Å². The van der Waals surface area contributed by atoms with Gasteiger partial charge in [-0.25, -0.2) is 0 Å². The molecule has 0 aromatic heterocycles. The molecule has 0 saturated heterocycles. The lowest BCUT2D eigenvalue weighted by molar-refractivity contribution is -0.111. The zero-order valence-corrected chi connectivity index (χ0v) is 5.51. The molecule has 0 fully saturated rings. The number of ether oxygens (including phenoxy) is 1. The number of carbonyl (C=O) groups excluding carboxylic acids is 1. The molecule has 0 radical (unpaired) electrons. The smallest absolute Gasteiger partial charge is 0.163 e. The average Bonchev–Trinajstić information content (AvgIpc) is 1.65. The molecule has 0 rings (SSSR count). The molecule has 0 amide bonds. The van der Waals surface area contributed by atoms with E-state index in [2.05, 4.69) is 4.74 Å². The Balaban J connectivity index is 2.96. The van der Waals surface area contributed by atoms with E-state index in [1.165, 1.54) is 7.11 Å². The number of aldehydes is 1. The van der Waals surface area contributed by atoms with Gasteiger partial charge in [-0.2, -0.15) is 0 Å². The topological polar surface area (TPSA) is 26.3 Å². The Hall–Kier alpha value is 0.360. The first-order chi connectivity index (χ1) is 2.81. The first kappa shape index (κ1) is 6.36. The van der Waals surface area contributed by atoms with Crippen molar-refractivity contribution in [1.82, 2.24) is 0 Å². The molecule has 0 spiro atoms. The summed E-state index contributed by atoms with van der Waals surface area (Å²) in [5.41, 5.74) is 0. The molecule has 0 heterocycles. The summed E-state index contributed by atoms with van der Waals surface area (Å²) in [6.45, 7) is 0. The van der Waals surface area contributed by atoms with E-state index in [-0.39, 0.29) is 4.11 Å². The van der Waals surface area contributed by atoms with Gasteiger partial charge in [0, 0.05) is 7.11 Å². The number of rotatable bonds is 2. The minimum absolute atomic E-state index is 0.275. The number of methoxy groups -OCH3 is 1. The van der Waals surface area contributed by atoms with Crippen LogP contribution in [0, 0.1) is 0 Å². The Bertz CT molecular complexity index is 46.1. The molecule has 3 heteroatoms. The maximum atomic E-state index is 9.60. The lowest BCUT2D eigenvalue weighted by Crippen LogP contribution is -1.99. The minimum Gasteiger partial charge on any atom is -0.364 e. The summed E-state index contributed by atoms with van der Waals surface area (Å²) in [6.07, 6.45) is 0.737. The van der Waals surface area contributed by atoms with E-state index in [1.807, 2.05) is 22.6 Å². The second kappa shape index (κ2) is 3.55. The van der Waals surface area contributed by atoms with Crippen LogP contribution in [-0.4, -0.2) is 17.5 Å². The van der Waals surface area contributed by atoms with Crippen molar-refractivity contribution in [1.29, 1.82) is 0 Å². The zero-order valence-electron chi connectivity index (χ0n) is 3.35. The van der Waals surface area contributed by atoms with E-state index in [4.69, 9.17) is 0 Å². The van der Waals surface area contributed by atoms with Crippen LogP contribution in [0.25, 0.3) is 0 Å². The van der Waals surface area contributed by atoms with Crippen molar-refractivity contribution in [2.75, 3.05) is 7.11 Å². The van der Waals surface area contributed by atoms with Crippen LogP contribution in [0.5, 0.6) is 0 Å². The van der Waals surface area contributed by atoms with Crippen LogP contribution in [0.1, 0.15) is 0 Å². The molecule has 0 bridgehead atoms. The van der Waals surface area contributed by atoms with Crippen molar-refractivity contribution in [3.63, 3.8) is 0 Å². The van der Waals surface area contributed by atoms with Gasteiger partial charge in [0.05, 0.1) is 0 Å². The zero-order chi connectivity index (χ0) is 4.99. The summed E-state index contributed by atoms with van der Waals surface area (Å²) in [7, 11) is 1.49. The van der Waals surface area contributed by atoms with E-state index < -0.39 is 0 Å². The molecule has 0 aromatic rings. The maximum Gasteiger partial charge on any atom is 0.163 e. The predicted molar refractivity (Wildman–Crippen MR) is 30.9 cm³/mol. The fourth-order valence-corrected chi connectivity index (χ4v) is 0.0556. The Morgan fingerprint density at radius 2 is 2.50 bits per heavy atom. The van der Waals surface area contributed by atoms with E-state index >= 15 is 0 Å². The largest absolute Gasteiger partial charge is 0.364 e. The second-order valence-electron chi connectivity index (χ2n) is 0.723. The Kier molecular flexibility index (Phi) is 3.76. The minimum atomic E-state index is -0.275. The number of carbonyl (C=O) groups is 1. The highest BCUT2D eigenvalue weighted by Crippen LogP contribution is 1.93. The first-order valence-electron chi connectivity index (χ1n) is 1.43. The van der Waals surface area contributed by atoms with E-state index in [0.717, 1.165) is 6.29 Å². The van der Waals surface area contributed by atoms with Gasteiger partial charge in [0.1, 0.15) is 0 Å². The number of halogens is 1. The normalized spacial score (nSPS) is 13.7. The standard InChI is InChI=1S/C3H5IO2/c1-6-3(4)2-5/h2-3H,1H3. The summed E-state index contributed by atoms with van der Waals surface area (Å²) in [6, 6.07) is 0. The van der Waals surface area contributed by atoms with Gasteiger partial charge < -0.3 is 4.74 Å². The van der Waals surface area contributed by atoms with E-state index in [0.29, 0.717) is 0 Å². The van der Waals surface area contributed by atoms with Gasteiger partial charge in [-0.1, -0.05) is 0 Å². The van der Waals surface area contributed by atoms with Gasteiger partial charge in [-0.05, 0) is 22.6 Å². The highest BCUT2D eigenvalue weighted by molar-refractivity contribution is 14.1. The molecule has 1 unspecified atom stereocenters. The molecular weight excluding hydrogens is 195 g/mol. The Morgan fingerprint density at radius 3 is 2.50 bits per heavy atom. The van der Waals surface area contributed by atoms with Crippen LogP contribution in [0.2, 0.25) is 0 Å². The third kappa shape index (κ3) is 2.59. The van der Waals surface area contributed by atoms with Gasteiger partial charge in [0.25, 0.3) is 0 Å². The first-order valence-corrected chi connectivity index (χ1v) is 2.68. The van der Waals surface area contributed by atoms with Crippen LogP contribution in [0.15, 0.2) is 0 Å². The van der Waals surface area contributed by atoms with Crippen molar-refractivity contribution < 1.29 is 9.53 Å². The van der Waals surface area contributed by atoms with Crippen molar-refractivity contribution in [3.05, 3.63) is 0 Å². The fourth-order valence-electron chi connectivity index (χ4n) is 0.0556. The Labute approximate surface area is 50.0 Å². The number of hydrogen-bond acceptors (Lipinski definition) is 2. The van der Waals surface area contributed by atoms with Gasteiger partial charge in [0.2, 0.25) is 0 Å². The van der Waals surface area contributed by atoms with Gasteiger partial charge >= 0.3 is 0 Å². The molecule has 0 aliphatic rings. The summed E-state index contributed by atoms with van der Waals surface area (Å²) in [5, 5.41) is 0. The molecule has 0 saturated carbocycles. The number of alkyl halides is 1. The monoisotopic (exact) mass is 200 g/mol. The van der Waals surface area contributed by atoms with Crippen LogP contribution in [-0.2, 0) is 9.53 Å². The molecule has 0 aliphatic carbocycles. The molecule has 1 atom stereocenters. The van der Waals surface area contributed by atoms with Crippen molar-refractivity contribution in [3.8, 4) is 0 Å². The van der Waals surface area contributed by atoms with E-state index in [9.17, 15) is 4.79 Å². The highest BCUT2D eigenvalue weighted by atomic mass is 127. The SMILES string of the molecule is COC(I)C=O.